The van der Waals surface area contributed by atoms with Crippen molar-refractivity contribution in [3.63, 3.8) is 0 Å². The molecule has 0 spiro atoms. The van der Waals surface area contributed by atoms with Gasteiger partial charge in [0.25, 0.3) is 0 Å². The summed E-state index contributed by atoms with van der Waals surface area (Å²) in [5, 5.41) is 2.50. The standard InChI is InChI=1S/C16H13N3O4/c1-2-17-16(22)23-8-9-6-11-13(19-7-9)15(21)12-10(14(11)20)4-3-5-18-12/h3-7H,2,8H2,1H3,(H,17,22). The van der Waals surface area contributed by atoms with Crippen LogP contribution in [-0.4, -0.2) is 34.2 Å². The molecule has 7 nitrogen and oxygen atoms in total. The van der Waals surface area contributed by atoms with Crippen LogP contribution < -0.4 is 5.32 Å². The number of amides is 1. The number of ether oxygens (including phenoxy) is 1. The lowest BCUT2D eigenvalue weighted by molar-refractivity contribution is 0.0971. The maximum atomic E-state index is 12.5. The number of rotatable bonds is 3. The molecule has 2 heterocycles. The zero-order valence-corrected chi connectivity index (χ0v) is 12.3. The van der Waals surface area contributed by atoms with Gasteiger partial charge in [0.15, 0.2) is 5.78 Å². The summed E-state index contributed by atoms with van der Waals surface area (Å²) in [6.45, 7) is 2.20. The highest BCUT2D eigenvalue weighted by Crippen LogP contribution is 2.25. The summed E-state index contributed by atoms with van der Waals surface area (Å²) < 4.78 is 4.99. The quantitative estimate of drug-likeness (QED) is 0.787. The normalized spacial score (nSPS) is 12.4. The third-order valence-corrected chi connectivity index (χ3v) is 3.36. The van der Waals surface area contributed by atoms with Gasteiger partial charge in [0.2, 0.25) is 5.78 Å². The van der Waals surface area contributed by atoms with E-state index in [4.69, 9.17) is 4.74 Å². The zero-order valence-electron chi connectivity index (χ0n) is 12.3. The van der Waals surface area contributed by atoms with Crippen molar-refractivity contribution in [2.75, 3.05) is 6.54 Å². The predicted octanol–water partition coefficient (Wildman–Crippen LogP) is 1.50. The number of hydrogen-bond donors (Lipinski definition) is 1. The second-order valence-electron chi connectivity index (χ2n) is 4.90. The van der Waals surface area contributed by atoms with Crippen LogP contribution >= 0.6 is 0 Å². The van der Waals surface area contributed by atoms with Crippen LogP contribution in [0.1, 0.15) is 44.6 Å². The number of ketones is 2. The molecule has 1 amide bonds. The second-order valence-corrected chi connectivity index (χ2v) is 4.90. The van der Waals surface area contributed by atoms with Gasteiger partial charge >= 0.3 is 6.09 Å². The minimum absolute atomic E-state index is 0.0342. The molecule has 7 heteroatoms. The average Bonchev–Trinajstić information content (AvgIpc) is 2.58. The monoisotopic (exact) mass is 311 g/mol. The SMILES string of the molecule is CCNC(=O)OCc1cnc2c(c1)C(=O)c1cccnc1C2=O. The van der Waals surface area contributed by atoms with Crippen molar-refractivity contribution in [2.24, 2.45) is 0 Å². The van der Waals surface area contributed by atoms with Crippen LogP contribution in [0.4, 0.5) is 4.79 Å². The van der Waals surface area contributed by atoms with Gasteiger partial charge in [0.1, 0.15) is 18.0 Å². The Morgan fingerprint density at radius 3 is 2.74 bits per heavy atom. The molecule has 0 aromatic carbocycles. The summed E-state index contributed by atoms with van der Waals surface area (Å²) in [6, 6.07) is 4.69. The number of aromatic nitrogens is 2. The molecule has 2 aromatic heterocycles. The molecule has 3 rings (SSSR count). The molecule has 0 aliphatic heterocycles. The molecule has 1 aliphatic carbocycles. The number of nitrogens with one attached hydrogen (secondary N) is 1. The lowest BCUT2D eigenvalue weighted by Gasteiger charge is -2.16. The van der Waals surface area contributed by atoms with Crippen molar-refractivity contribution in [1.82, 2.24) is 15.3 Å². The fourth-order valence-electron chi connectivity index (χ4n) is 2.31. The molecule has 0 saturated heterocycles. The van der Waals surface area contributed by atoms with E-state index in [0.29, 0.717) is 12.1 Å². The van der Waals surface area contributed by atoms with Crippen LogP contribution in [0.15, 0.2) is 30.6 Å². The molecule has 116 valence electrons. The van der Waals surface area contributed by atoms with E-state index in [-0.39, 0.29) is 40.7 Å². The lowest BCUT2D eigenvalue weighted by Crippen LogP contribution is -2.25. The Morgan fingerprint density at radius 1 is 1.17 bits per heavy atom. The molecule has 0 bridgehead atoms. The summed E-state index contributed by atoms with van der Waals surface area (Å²) >= 11 is 0. The van der Waals surface area contributed by atoms with Gasteiger partial charge in [-0.1, -0.05) is 0 Å². The van der Waals surface area contributed by atoms with Crippen molar-refractivity contribution in [2.45, 2.75) is 13.5 Å². The number of hydrogen-bond acceptors (Lipinski definition) is 6. The third kappa shape index (κ3) is 2.68. The minimum atomic E-state index is -0.554. The van der Waals surface area contributed by atoms with E-state index in [1.165, 1.54) is 18.5 Å². The van der Waals surface area contributed by atoms with Crippen LogP contribution in [0.2, 0.25) is 0 Å². The molecular formula is C16H13N3O4. The Labute approximate surface area is 131 Å². The van der Waals surface area contributed by atoms with E-state index in [0.717, 1.165) is 0 Å². The maximum Gasteiger partial charge on any atom is 0.407 e. The van der Waals surface area contributed by atoms with Crippen LogP contribution in [0.3, 0.4) is 0 Å². The highest BCUT2D eigenvalue weighted by Gasteiger charge is 2.32. The van der Waals surface area contributed by atoms with Gasteiger partial charge in [-0.3, -0.25) is 19.6 Å². The van der Waals surface area contributed by atoms with Gasteiger partial charge in [-0.25, -0.2) is 4.79 Å². The summed E-state index contributed by atoms with van der Waals surface area (Å²) in [4.78, 5) is 44.2. The third-order valence-electron chi connectivity index (χ3n) is 3.36. The van der Waals surface area contributed by atoms with Crippen molar-refractivity contribution >= 4 is 17.7 Å². The first-order valence-corrected chi connectivity index (χ1v) is 7.05. The summed E-state index contributed by atoms with van der Waals surface area (Å²) in [5.41, 5.74) is 1.18. The van der Waals surface area contributed by atoms with E-state index in [2.05, 4.69) is 15.3 Å². The smallest absolute Gasteiger partial charge is 0.407 e. The van der Waals surface area contributed by atoms with Crippen molar-refractivity contribution in [1.29, 1.82) is 0 Å². The first kappa shape index (κ1) is 14.8. The molecule has 0 unspecified atom stereocenters. The first-order valence-electron chi connectivity index (χ1n) is 7.05. The van der Waals surface area contributed by atoms with E-state index in [9.17, 15) is 14.4 Å². The van der Waals surface area contributed by atoms with Crippen molar-refractivity contribution in [3.8, 4) is 0 Å². The lowest BCUT2D eigenvalue weighted by atomic mass is 9.90. The molecule has 23 heavy (non-hydrogen) atoms. The van der Waals surface area contributed by atoms with Crippen LogP contribution in [0.5, 0.6) is 0 Å². The molecule has 0 radical (unpaired) electrons. The minimum Gasteiger partial charge on any atom is -0.445 e. The molecular weight excluding hydrogens is 298 g/mol. The molecule has 0 saturated carbocycles. The number of fused-ring (bicyclic) bond motifs is 2. The zero-order chi connectivity index (χ0) is 16.4. The van der Waals surface area contributed by atoms with Crippen LogP contribution in [0, 0.1) is 0 Å². The highest BCUT2D eigenvalue weighted by atomic mass is 16.5. The summed E-state index contributed by atoms with van der Waals surface area (Å²) in [6.07, 6.45) is 2.32. The first-order chi connectivity index (χ1) is 11.1. The molecule has 1 N–H and O–H groups in total. The van der Waals surface area contributed by atoms with E-state index < -0.39 is 6.09 Å². The molecule has 0 fully saturated rings. The van der Waals surface area contributed by atoms with Crippen LogP contribution in [-0.2, 0) is 11.3 Å². The largest absolute Gasteiger partial charge is 0.445 e. The average molecular weight is 311 g/mol. The van der Waals surface area contributed by atoms with Gasteiger partial charge in [0.05, 0.1) is 11.1 Å². The van der Waals surface area contributed by atoms with Gasteiger partial charge in [-0.05, 0) is 25.1 Å². The Hall–Kier alpha value is -3.09. The molecule has 2 aromatic rings. The number of carbonyl (C=O) groups is 3. The number of carbonyl (C=O) groups excluding carboxylic acids is 3. The topological polar surface area (TPSA) is 98.2 Å². The fraction of sp³-hybridized carbons (Fsp3) is 0.188. The second kappa shape index (κ2) is 5.96. The van der Waals surface area contributed by atoms with Crippen LogP contribution in [0.25, 0.3) is 0 Å². The van der Waals surface area contributed by atoms with Gasteiger partial charge < -0.3 is 10.1 Å². The van der Waals surface area contributed by atoms with Gasteiger partial charge in [-0.15, -0.1) is 0 Å². The predicted molar refractivity (Wildman–Crippen MR) is 79.2 cm³/mol. The number of pyridine rings is 2. The van der Waals surface area contributed by atoms with E-state index >= 15 is 0 Å². The fourth-order valence-corrected chi connectivity index (χ4v) is 2.31. The van der Waals surface area contributed by atoms with Crippen molar-refractivity contribution in [3.05, 3.63) is 58.7 Å². The Morgan fingerprint density at radius 2 is 1.96 bits per heavy atom. The van der Waals surface area contributed by atoms with E-state index in [1.807, 2.05) is 0 Å². The Balaban J connectivity index is 1.90. The summed E-state index contributed by atoms with van der Waals surface area (Å²) in [7, 11) is 0. The Bertz CT molecular complexity index is 817. The van der Waals surface area contributed by atoms with Gasteiger partial charge in [0, 0.05) is 24.5 Å². The highest BCUT2D eigenvalue weighted by molar-refractivity contribution is 6.26. The molecule has 0 atom stereocenters. The molecule has 1 aliphatic rings. The van der Waals surface area contributed by atoms with Crippen molar-refractivity contribution < 1.29 is 19.1 Å². The number of alkyl carbamates (subject to hydrolysis) is 1. The summed E-state index contributed by atoms with van der Waals surface area (Å²) in [5.74, 6) is -0.693. The number of nitrogens with zero attached hydrogens (tertiary/aromatic N) is 2. The maximum absolute atomic E-state index is 12.5. The van der Waals surface area contributed by atoms with E-state index in [1.54, 1.807) is 19.1 Å². The van der Waals surface area contributed by atoms with Gasteiger partial charge in [-0.2, -0.15) is 0 Å². The Kier molecular flexibility index (Phi) is 3.84.